The van der Waals surface area contributed by atoms with Gasteiger partial charge in [-0.1, -0.05) is 0 Å². The highest BCUT2D eigenvalue weighted by Crippen LogP contribution is 2.12. The fourth-order valence-corrected chi connectivity index (χ4v) is 1.96. The smallest absolute Gasteiger partial charge is 0.252 e. The van der Waals surface area contributed by atoms with Crippen LogP contribution in [0.2, 0.25) is 0 Å². The molecule has 0 saturated carbocycles. The Kier molecular flexibility index (Phi) is 4.62. The summed E-state index contributed by atoms with van der Waals surface area (Å²) in [4.78, 5) is 11.5. The number of nitrogens with one attached hydrogen (secondary N) is 1. The molecule has 0 atom stereocenters. The predicted octanol–water partition coefficient (Wildman–Crippen LogP) is 1.56. The zero-order valence-electron chi connectivity index (χ0n) is 8.25. The molecule has 78 valence electrons. The summed E-state index contributed by atoms with van der Waals surface area (Å²) in [7, 11) is 0. The van der Waals surface area contributed by atoms with Crippen LogP contribution in [0.4, 0.5) is 0 Å². The number of hydrogen-bond donors (Lipinski definition) is 2. The number of hydrogen-bond acceptors (Lipinski definition) is 3. The number of thiophene rings is 1. The van der Waals surface area contributed by atoms with E-state index in [1.54, 1.807) is 0 Å². The van der Waals surface area contributed by atoms with Crippen LogP contribution in [0, 0.1) is 6.92 Å². The molecule has 0 aliphatic carbocycles. The standard InChI is InChI=1S/C10H15NO2S/c1-8-6-14-7-9(8)10(13)11-4-2-3-5-12/h6-7,12H,2-5H2,1H3,(H,11,13). The van der Waals surface area contributed by atoms with Gasteiger partial charge in [-0.2, -0.15) is 11.3 Å². The minimum Gasteiger partial charge on any atom is -0.396 e. The van der Waals surface area contributed by atoms with Crippen molar-refractivity contribution in [2.75, 3.05) is 13.2 Å². The highest BCUT2D eigenvalue weighted by atomic mass is 32.1. The van der Waals surface area contributed by atoms with Gasteiger partial charge in [0.05, 0.1) is 5.56 Å². The van der Waals surface area contributed by atoms with Crippen LogP contribution in [0.5, 0.6) is 0 Å². The van der Waals surface area contributed by atoms with Crippen LogP contribution in [-0.4, -0.2) is 24.2 Å². The lowest BCUT2D eigenvalue weighted by Gasteiger charge is -2.03. The molecule has 1 amide bonds. The molecular weight excluding hydrogens is 198 g/mol. The number of carbonyl (C=O) groups excluding carboxylic acids is 1. The maximum atomic E-state index is 11.5. The van der Waals surface area contributed by atoms with Crippen molar-refractivity contribution in [3.63, 3.8) is 0 Å². The molecule has 0 saturated heterocycles. The fraction of sp³-hybridized carbons (Fsp3) is 0.500. The first-order valence-electron chi connectivity index (χ1n) is 4.67. The lowest BCUT2D eigenvalue weighted by atomic mass is 10.2. The van der Waals surface area contributed by atoms with E-state index in [0.29, 0.717) is 6.54 Å². The number of rotatable bonds is 5. The summed E-state index contributed by atoms with van der Waals surface area (Å²) in [5.74, 6) is -0.0123. The van der Waals surface area contributed by atoms with Gasteiger partial charge in [-0.15, -0.1) is 0 Å². The SMILES string of the molecule is Cc1cscc1C(=O)NCCCCO. The predicted molar refractivity (Wildman–Crippen MR) is 57.7 cm³/mol. The first kappa shape index (κ1) is 11.2. The molecule has 3 nitrogen and oxygen atoms in total. The minimum absolute atomic E-state index is 0.0123. The second kappa shape index (κ2) is 5.78. The van der Waals surface area contributed by atoms with Crippen molar-refractivity contribution in [3.8, 4) is 0 Å². The molecule has 0 unspecified atom stereocenters. The number of aliphatic hydroxyl groups excluding tert-OH is 1. The van der Waals surface area contributed by atoms with E-state index in [-0.39, 0.29) is 12.5 Å². The lowest BCUT2D eigenvalue weighted by Crippen LogP contribution is -2.24. The van der Waals surface area contributed by atoms with Gasteiger partial charge in [0.15, 0.2) is 0 Å². The summed E-state index contributed by atoms with van der Waals surface area (Å²) in [5.41, 5.74) is 1.79. The van der Waals surface area contributed by atoms with E-state index >= 15 is 0 Å². The summed E-state index contributed by atoms with van der Waals surface area (Å²) >= 11 is 1.54. The first-order chi connectivity index (χ1) is 6.75. The lowest BCUT2D eigenvalue weighted by molar-refractivity contribution is 0.0952. The van der Waals surface area contributed by atoms with Crippen molar-refractivity contribution in [2.24, 2.45) is 0 Å². The van der Waals surface area contributed by atoms with Crippen LogP contribution in [0.3, 0.4) is 0 Å². The Morgan fingerprint density at radius 3 is 2.86 bits per heavy atom. The highest BCUT2D eigenvalue weighted by Gasteiger charge is 2.07. The number of aryl methyl sites for hydroxylation is 1. The quantitative estimate of drug-likeness (QED) is 0.729. The molecule has 4 heteroatoms. The topological polar surface area (TPSA) is 49.3 Å². The highest BCUT2D eigenvalue weighted by molar-refractivity contribution is 7.08. The van der Waals surface area contributed by atoms with Crippen molar-refractivity contribution in [1.82, 2.24) is 5.32 Å². The van der Waals surface area contributed by atoms with Gasteiger partial charge in [0.25, 0.3) is 5.91 Å². The van der Waals surface area contributed by atoms with E-state index in [0.717, 1.165) is 24.0 Å². The van der Waals surface area contributed by atoms with E-state index < -0.39 is 0 Å². The molecule has 14 heavy (non-hydrogen) atoms. The molecule has 0 aliphatic rings. The maximum absolute atomic E-state index is 11.5. The summed E-state index contributed by atoms with van der Waals surface area (Å²) in [6, 6.07) is 0. The van der Waals surface area contributed by atoms with Crippen molar-refractivity contribution >= 4 is 17.2 Å². The maximum Gasteiger partial charge on any atom is 0.252 e. The summed E-state index contributed by atoms with van der Waals surface area (Å²) in [6.07, 6.45) is 1.56. The third-order valence-corrected chi connectivity index (χ3v) is 2.83. The van der Waals surface area contributed by atoms with Crippen LogP contribution < -0.4 is 5.32 Å². The van der Waals surface area contributed by atoms with Gasteiger partial charge < -0.3 is 10.4 Å². The number of unbranched alkanes of at least 4 members (excludes halogenated alkanes) is 1. The molecule has 1 aromatic heterocycles. The van der Waals surface area contributed by atoms with Crippen molar-refractivity contribution < 1.29 is 9.90 Å². The van der Waals surface area contributed by atoms with Crippen LogP contribution in [-0.2, 0) is 0 Å². The third-order valence-electron chi connectivity index (χ3n) is 1.97. The van der Waals surface area contributed by atoms with Gasteiger partial charge in [-0.05, 0) is 30.7 Å². The Morgan fingerprint density at radius 1 is 1.50 bits per heavy atom. The minimum atomic E-state index is -0.0123. The van der Waals surface area contributed by atoms with E-state index in [4.69, 9.17) is 5.11 Å². The molecular formula is C10H15NO2S. The van der Waals surface area contributed by atoms with E-state index in [1.165, 1.54) is 11.3 Å². The Labute approximate surface area is 87.8 Å². The Bertz CT molecular complexity index is 296. The molecule has 1 rings (SSSR count). The van der Waals surface area contributed by atoms with Crippen LogP contribution >= 0.6 is 11.3 Å². The van der Waals surface area contributed by atoms with Gasteiger partial charge in [0, 0.05) is 18.5 Å². The molecule has 0 fully saturated rings. The summed E-state index contributed by atoms with van der Waals surface area (Å²) < 4.78 is 0. The zero-order valence-corrected chi connectivity index (χ0v) is 9.06. The molecule has 0 aromatic carbocycles. The van der Waals surface area contributed by atoms with Gasteiger partial charge in [0.1, 0.15) is 0 Å². The number of amides is 1. The molecule has 1 heterocycles. The average Bonchev–Trinajstić information content (AvgIpc) is 2.59. The molecule has 0 aliphatic heterocycles. The van der Waals surface area contributed by atoms with E-state index in [2.05, 4.69) is 5.32 Å². The number of carbonyl (C=O) groups is 1. The average molecular weight is 213 g/mol. The van der Waals surface area contributed by atoms with Gasteiger partial charge in [0.2, 0.25) is 0 Å². The normalized spacial score (nSPS) is 10.1. The monoisotopic (exact) mass is 213 g/mol. The van der Waals surface area contributed by atoms with Crippen molar-refractivity contribution in [3.05, 3.63) is 21.9 Å². The molecule has 2 N–H and O–H groups in total. The van der Waals surface area contributed by atoms with E-state index in [1.807, 2.05) is 17.7 Å². The molecule has 0 bridgehead atoms. The summed E-state index contributed by atoms with van der Waals surface area (Å²) in [5, 5.41) is 15.2. The van der Waals surface area contributed by atoms with Gasteiger partial charge in [-0.3, -0.25) is 4.79 Å². The first-order valence-corrected chi connectivity index (χ1v) is 5.62. The second-order valence-electron chi connectivity index (χ2n) is 3.16. The summed E-state index contributed by atoms with van der Waals surface area (Å²) in [6.45, 7) is 2.75. The Balaban J connectivity index is 2.32. The Morgan fingerprint density at radius 2 is 2.29 bits per heavy atom. The van der Waals surface area contributed by atoms with Gasteiger partial charge in [-0.25, -0.2) is 0 Å². The van der Waals surface area contributed by atoms with Crippen LogP contribution in [0.15, 0.2) is 10.8 Å². The molecule has 0 radical (unpaired) electrons. The zero-order chi connectivity index (χ0) is 10.4. The molecule has 0 spiro atoms. The van der Waals surface area contributed by atoms with Crippen molar-refractivity contribution in [2.45, 2.75) is 19.8 Å². The Hall–Kier alpha value is -0.870. The third kappa shape index (κ3) is 3.12. The van der Waals surface area contributed by atoms with Crippen LogP contribution in [0.1, 0.15) is 28.8 Å². The van der Waals surface area contributed by atoms with E-state index in [9.17, 15) is 4.79 Å². The fourth-order valence-electron chi connectivity index (χ4n) is 1.13. The van der Waals surface area contributed by atoms with Crippen LogP contribution in [0.25, 0.3) is 0 Å². The number of aliphatic hydroxyl groups is 1. The molecule has 1 aromatic rings. The second-order valence-corrected chi connectivity index (χ2v) is 3.90. The van der Waals surface area contributed by atoms with Gasteiger partial charge >= 0.3 is 0 Å². The van der Waals surface area contributed by atoms with Crippen molar-refractivity contribution in [1.29, 1.82) is 0 Å². The largest absolute Gasteiger partial charge is 0.396 e.